The van der Waals surface area contributed by atoms with E-state index in [0.29, 0.717) is 12.5 Å². The molecule has 5 heteroatoms. The van der Waals surface area contributed by atoms with Crippen LogP contribution in [0.25, 0.3) is 0 Å². The Morgan fingerprint density at radius 3 is 2.50 bits per heavy atom. The second kappa shape index (κ2) is 6.37. The molecule has 1 aliphatic rings. The molecule has 0 aromatic heterocycles. The Hall–Kier alpha value is -0.390. The monoisotopic (exact) mass is 246 g/mol. The van der Waals surface area contributed by atoms with Gasteiger partial charge in [-0.15, -0.1) is 6.58 Å². The Bertz CT molecular complexity index is 308. The predicted molar refractivity (Wildman–Crippen MR) is 66.5 cm³/mol. The molecule has 0 bridgehead atoms. The average Bonchev–Trinajstić information content (AvgIpc) is 2.27. The van der Waals surface area contributed by atoms with E-state index in [0.717, 1.165) is 12.8 Å². The van der Waals surface area contributed by atoms with E-state index in [1.807, 2.05) is 0 Å². The van der Waals surface area contributed by atoms with Crippen LogP contribution >= 0.6 is 0 Å². The maximum Gasteiger partial charge on any atom is 0.215 e. The van der Waals surface area contributed by atoms with Gasteiger partial charge >= 0.3 is 0 Å². The molecule has 1 aliphatic carbocycles. The summed E-state index contributed by atoms with van der Waals surface area (Å²) >= 11 is 0. The Labute approximate surface area is 98.3 Å². The normalized spacial score (nSPS) is 20.6. The van der Waals surface area contributed by atoms with Crippen molar-refractivity contribution in [3.8, 4) is 0 Å². The summed E-state index contributed by atoms with van der Waals surface area (Å²) in [5.74, 6) is 0.370. The fourth-order valence-electron chi connectivity index (χ4n) is 2.31. The highest BCUT2D eigenvalue weighted by atomic mass is 32.2. The number of hydrogen-bond donors (Lipinski definition) is 2. The van der Waals surface area contributed by atoms with Crippen LogP contribution in [0.3, 0.4) is 0 Å². The van der Waals surface area contributed by atoms with Crippen LogP contribution in [0, 0.1) is 5.92 Å². The second-order valence-corrected chi connectivity index (χ2v) is 6.23. The van der Waals surface area contributed by atoms with Gasteiger partial charge in [-0.25, -0.2) is 13.1 Å². The Morgan fingerprint density at radius 1 is 1.38 bits per heavy atom. The highest BCUT2D eigenvalue weighted by Gasteiger charge is 2.25. The van der Waals surface area contributed by atoms with Crippen molar-refractivity contribution in [3.05, 3.63) is 12.7 Å². The minimum absolute atomic E-state index is 0.0315. The minimum Gasteiger partial charge on any atom is -0.329 e. The van der Waals surface area contributed by atoms with Crippen molar-refractivity contribution in [3.63, 3.8) is 0 Å². The van der Waals surface area contributed by atoms with Crippen LogP contribution in [0.4, 0.5) is 0 Å². The molecular weight excluding hydrogens is 224 g/mol. The number of nitrogens with two attached hydrogens (primary N) is 1. The van der Waals surface area contributed by atoms with Gasteiger partial charge in [-0.2, -0.15) is 0 Å². The zero-order valence-electron chi connectivity index (χ0n) is 9.69. The van der Waals surface area contributed by atoms with Crippen LogP contribution < -0.4 is 10.5 Å². The summed E-state index contributed by atoms with van der Waals surface area (Å²) < 4.78 is 25.9. The standard InChI is InChI=1S/C11H22N2O2S/c1-2-8-16(14,15)13-11(9-12)10-6-4-3-5-7-10/h2,10-11,13H,1,3-9,12H2. The van der Waals surface area contributed by atoms with E-state index < -0.39 is 10.0 Å². The molecule has 0 spiro atoms. The molecule has 0 amide bonds. The molecule has 0 heterocycles. The Balaban J connectivity index is 2.56. The lowest BCUT2D eigenvalue weighted by Gasteiger charge is -2.29. The molecule has 0 aromatic rings. The van der Waals surface area contributed by atoms with Gasteiger partial charge in [-0.1, -0.05) is 25.3 Å². The molecule has 0 aromatic carbocycles. The fraction of sp³-hybridized carbons (Fsp3) is 0.818. The van der Waals surface area contributed by atoms with Gasteiger partial charge in [0.1, 0.15) is 0 Å². The molecule has 4 nitrogen and oxygen atoms in total. The first-order valence-corrected chi connectivity index (χ1v) is 7.55. The van der Waals surface area contributed by atoms with E-state index in [1.165, 1.54) is 25.3 Å². The van der Waals surface area contributed by atoms with Crippen LogP contribution in [0.5, 0.6) is 0 Å². The SMILES string of the molecule is C=CCS(=O)(=O)NC(CN)C1CCCCC1. The van der Waals surface area contributed by atoms with Crippen LogP contribution in [0.1, 0.15) is 32.1 Å². The topological polar surface area (TPSA) is 72.2 Å². The third-order valence-electron chi connectivity index (χ3n) is 3.14. The lowest BCUT2D eigenvalue weighted by atomic mass is 9.84. The van der Waals surface area contributed by atoms with Crippen molar-refractivity contribution < 1.29 is 8.42 Å². The first kappa shape index (κ1) is 13.7. The predicted octanol–water partition coefficient (Wildman–Crippen LogP) is 0.999. The molecule has 0 radical (unpaired) electrons. The van der Waals surface area contributed by atoms with Crippen molar-refractivity contribution in [1.29, 1.82) is 0 Å². The summed E-state index contributed by atoms with van der Waals surface area (Å²) in [7, 11) is -3.24. The summed E-state index contributed by atoms with van der Waals surface area (Å²) in [6, 6.07) is -0.106. The molecular formula is C11H22N2O2S. The highest BCUT2D eigenvalue weighted by molar-refractivity contribution is 7.89. The molecule has 1 atom stereocenters. The summed E-state index contributed by atoms with van der Waals surface area (Å²) in [4.78, 5) is 0. The van der Waals surface area contributed by atoms with Gasteiger partial charge in [0.05, 0.1) is 5.75 Å². The van der Waals surface area contributed by atoms with Crippen LogP contribution in [-0.4, -0.2) is 26.8 Å². The molecule has 1 saturated carbocycles. The lowest BCUT2D eigenvalue weighted by Crippen LogP contribution is -2.46. The van der Waals surface area contributed by atoms with Crippen molar-refractivity contribution in [2.75, 3.05) is 12.3 Å². The third-order valence-corrected chi connectivity index (χ3v) is 4.48. The van der Waals surface area contributed by atoms with Gasteiger partial charge < -0.3 is 5.73 Å². The zero-order valence-corrected chi connectivity index (χ0v) is 10.5. The van der Waals surface area contributed by atoms with Gasteiger partial charge in [0, 0.05) is 12.6 Å². The third kappa shape index (κ3) is 4.23. The molecule has 0 saturated heterocycles. The number of sulfonamides is 1. The first-order chi connectivity index (χ1) is 7.59. The summed E-state index contributed by atoms with van der Waals surface area (Å²) in [5.41, 5.74) is 5.65. The maximum atomic E-state index is 11.6. The van der Waals surface area contributed by atoms with E-state index in [-0.39, 0.29) is 11.8 Å². The van der Waals surface area contributed by atoms with Gasteiger partial charge in [0.2, 0.25) is 10.0 Å². The Morgan fingerprint density at radius 2 is 2.00 bits per heavy atom. The summed E-state index contributed by atoms with van der Waals surface area (Å²) in [6.07, 6.45) is 7.19. The first-order valence-electron chi connectivity index (χ1n) is 5.90. The molecule has 3 N–H and O–H groups in total. The molecule has 0 aliphatic heterocycles. The minimum atomic E-state index is -3.24. The maximum absolute atomic E-state index is 11.6. The van der Waals surface area contributed by atoms with Crippen molar-refractivity contribution in [2.45, 2.75) is 38.1 Å². The van der Waals surface area contributed by atoms with Gasteiger partial charge in [-0.3, -0.25) is 0 Å². The lowest BCUT2D eigenvalue weighted by molar-refractivity contribution is 0.294. The van der Waals surface area contributed by atoms with E-state index in [2.05, 4.69) is 11.3 Å². The molecule has 94 valence electrons. The van der Waals surface area contributed by atoms with Crippen molar-refractivity contribution in [1.82, 2.24) is 4.72 Å². The van der Waals surface area contributed by atoms with Crippen molar-refractivity contribution >= 4 is 10.0 Å². The molecule has 1 unspecified atom stereocenters. The van der Waals surface area contributed by atoms with E-state index >= 15 is 0 Å². The summed E-state index contributed by atoms with van der Waals surface area (Å²) in [6.45, 7) is 3.82. The van der Waals surface area contributed by atoms with Gasteiger partial charge in [0.25, 0.3) is 0 Å². The van der Waals surface area contributed by atoms with Gasteiger partial charge in [-0.05, 0) is 18.8 Å². The van der Waals surface area contributed by atoms with E-state index in [4.69, 9.17) is 5.73 Å². The number of hydrogen-bond acceptors (Lipinski definition) is 3. The smallest absolute Gasteiger partial charge is 0.215 e. The molecule has 1 fully saturated rings. The van der Waals surface area contributed by atoms with E-state index in [1.54, 1.807) is 0 Å². The Kier molecular flexibility index (Phi) is 5.44. The van der Waals surface area contributed by atoms with Crippen LogP contribution in [0.2, 0.25) is 0 Å². The molecule has 16 heavy (non-hydrogen) atoms. The van der Waals surface area contributed by atoms with Crippen LogP contribution in [0.15, 0.2) is 12.7 Å². The summed E-state index contributed by atoms with van der Waals surface area (Å²) in [5, 5.41) is 0. The molecule has 1 rings (SSSR count). The van der Waals surface area contributed by atoms with Gasteiger partial charge in [0.15, 0.2) is 0 Å². The van der Waals surface area contributed by atoms with Crippen LogP contribution in [-0.2, 0) is 10.0 Å². The quantitative estimate of drug-likeness (QED) is 0.687. The second-order valence-electron chi connectivity index (χ2n) is 4.43. The average molecular weight is 246 g/mol. The number of rotatable bonds is 6. The van der Waals surface area contributed by atoms with Crippen molar-refractivity contribution in [2.24, 2.45) is 11.7 Å². The zero-order chi connectivity index (χ0) is 12.0. The fourth-order valence-corrected chi connectivity index (χ4v) is 3.46. The highest BCUT2D eigenvalue weighted by Crippen LogP contribution is 2.26. The largest absolute Gasteiger partial charge is 0.329 e. The number of nitrogens with one attached hydrogen (secondary N) is 1. The van der Waals surface area contributed by atoms with E-state index in [9.17, 15) is 8.42 Å².